The number of hydrogen-bond acceptors (Lipinski definition) is 1. The second kappa shape index (κ2) is 13.6. The van der Waals surface area contributed by atoms with Gasteiger partial charge in [-0.15, -0.1) is 0 Å². The molecule has 0 unspecified atom stereocenters. The summed E-state index contributed by atoms with van der Waals surface area (Å²) in [5.41, 5.74) is 15.2. The molecule has 0 amide bonds. The minimum Gasteiger partial charge on any atom is -0.311 e. The maximum Gasteiger partial charge on any atom is 0.0541 e. The highest BCUT2D eigenvalue weighted by atomic mass is 15.1. The summed E-state index contributed by atoms with van der Waals surface area (Å²) in [5, 5.41) is 5.01. The Morgan fingerprint density at radius 3 is 1.16 bits per heavy atom. The van der Waals surface area contributed by atoms with Crippen molar-refractivity contribution in [2.75, 3.05) is 4.90 Å². The molecule has 0 spiro atoms. The lowest BCUT2D eigenvalue weighted by atomic mass is 10.00. The Kier molecular flexibility index (Phi) is 7.82. The van der Waals surface area contributed by atoms with Crippen molar-refractivity contribution in [3.8, 4) is 33.6 Å². The van der Waals surface area contributed by atoms with Gasteiger partial charge in [0.2, 0.25) is 0 Å². The van der Waals surface area contributed by atoms with Crippen LogP contribution in [0.5, 0.6) is 0 Å². The molecule has 0 saturated carbocycles. The summed E-state index contributed by atoms with van der Waals surface area (Å²) >= 11 is 0. The molecule has 0 N–H and O–H groups in total. The third kappa shape index (κ3) is 5.60. The lowest BCUT2D eigenvalue weighted by Gasteiger charge is -2.26. The molecule has 0 atom stereocenters. The largest absolute Gasteiger partial charge is 0.311 e. The van der Waals surface area contributed by atoms with Crippen LogP contribution in [0.4, 0.5) is 17.1 Å². The molecule has 0 aliphatic rings. The Hall–Kier alpha value is -7.62. The predicted octanol–water partition coefficient (Wildman–Crippen LogP) is 14.7. The minimum atomic E-state index is 1.10. The molecule has 3 nitrogen and oxygen atoms in total. The molecule has 9 aromatic carbocycles. The van der Waals surface area contributed by atoms with Crippen molar-refractivity contribution >= 4 is 60.7 Å². The van der Waals surface area contributed by atoms with Gasteiger partial charge in [0.05, 0.1) is 22.1 Å². The maximum absolute atomic E-state index is 2.39. The van der Waals surface area contributed by atoms with E-state index >= 15 is 0 Å². The first-order valence-corrected chi connectivity index (χ1v) is 19.5. The quantitative estimate of drug-likeness (QED) is 0.159. The van der Waals surface area contributed by atoms with E-state index in [0.717, 1.165) is 28.4 Å². The van der Waals surface area contributed by atoms with Crippen LogP contribution in [0.15, 0.2) is 224 Å². The zero-order valence-corrected chi connectivity index (χ0v) is 31.2. The Morgan fingerprint density at radius 2 is 0.614 bits per heavy atom. The third-order valence-corrected chi connectivity index (χ3v) is 11.3. The Balaban J connectivity index is 0.989. The van der Waals surface area contributed by atoms with Crippen LogP contribution in [-0.4, -0.2) is 9.13 Å². The van der Waals surface area contributed by atoms with E-state index in [1.807, 2.05) is 0 Å². The molecule has 2 aromatic heterocycles. The molecule has 0 aliphatic heterocycles. The van der Waals surface area contributed by atoms with Gasteiger partial charge in [-0.05, 0) is 119 Å². The lowest BCUT2D eigenvalue weighted by Crippen LogP contribution is -2.10. The van der Waals surface area contributed by atoms with Crippen LogP contribution in [0.3, 0.4) is 0 Å². The molecule has 0 aliphatic carbocycles. The highest BCUT2D eigenvalue weighted by Crippen LogP contribution is 2.40. The highest BCUT2D eigenvalue weighted by Gasteiger charge is 2.17. The average Bonchev–Trinajstić information content (AvgIpc) is 3.80. The summed E-state index contributed by atoms with van der Waals surface area (Å²) in [4.78, 5) is 2.33. The normalized spacial score (nSPS) is 11.5. The summed E-state index contributed by atoms with van der Waals surface area (Å²) in [6.07, 6.45) is 0. The first kappa shape index (κ1) is 32.8. The summed E-state index contributed by atoms with van der Waals surface area (Å²) in [6, 6.07) is 81.0. The fourth-order valence-electron chi connectivity index (χ4n) is 8.65. The van der Waals surface area contributed by atoms with Crippen LogP contribution in [0.1, 0.15) is 0 Å². The first-order chi connectivity index (χ1) is 28.3. The Morgan fingerprint density at radius 1 is 0.246 bits per heavy atom. The van der Waals surface area contributed by atoms with Crippen molar-refractivity contribution in [1.29, 1.82) is 0 Å². The first-order valence-electron chi connectivity index (χ1n) is 19.5. The summed E-state index contributed by atoms with van der Waals surface area (Å²) in [5.74, 6) is 0. The number of anilines is 3. The van der Waals surface area contributed by atoms with Crippen LogP contribution in [0.2, 0.25) is 0 Å². The molecule has 2 heterocycles. The van der Waals surface area contributed by atoms with E-state index in [1.54, 1.807) is 0 Å². The molecule has 0 radical (unpaired) electrons. The van der Waals surface area contributed by atoms with Gasteiger partial charge in [0.15, 0.2) is 0 Å². The average molecular weight is 728 g/mol. The Labute approximate surface area is 331 Å². The van der Waals surface area contributed by atoms with Crippen LogP contribution in [0.25, 0.3) is 77.2 Å². The fourth-order valence-corrected chi connectivity index (χ4v) is 8.65. The number of hydrogen-bond donors (Lipinski definition) is 0. The summed E-state index contributed by atoms with van der Waals surface area (Å²) in [6.45, 7) is 0. The van der Waals surface area contributed by atoms with Crippen molar-refractivity contribution < 1.29 is 0 Å². The van der Waals surface area contributed by atoms with E-state index in [0.29, 0.717) is 0 Å². The summed E-state index contributed by atoms with van der Waals surface area (Å²) in [7, 11) is 0. The molecule has 3 heteroatoms. The second-order valence-electron chi connectivity index (χ2n) is 14.6. The molecular weight excluding hydrogens is 691 g/mol. The molecule has 0 fully saturated rings. The van der Waals surface area contributed by atoms with E-state index in [2.05, 4.69) is 238 Å². The fraction of sp³-hybridized carbons (Fsp3) is 0. The van der Waals surface area contributed by atoms with Gasteiger partial charge in [-0.3, -0.25) is 0 Å². The van der Waals surface area contributed by atoms with Gasteiger partial charge in [-0.25, -0.2) is 0 Å². The third-order valence-electron chi connectivity index (χ3n) is 11.3. The van der Waals surface area contributed by atoms with Gasteiger partial charge < -0.3 is 14.0 Å². The molecular formula is C54H37N3. The van der Waals surface area contributed by atoms with E-state index in [4.69, 9.17) is 0 Å². The van der Waals surface area contributed by atoms with Gasteiger partial charge in [0, 0.05) is 50.0 Å². The van der Waals surface area contributed by atoms with Gasteiger partial charge in [-0.2, -0.15) is 0 Å². The van der Waals surface area contributed by atoms with Crippen molar-refractivity contribution in [2.45, 2.75) is 0 Å². The van der Waals surface area contributed by atoms with E-state index in [1.165, 1.54) is 65.9 Å². The molecule has 268 valence electrons. The Bertz CT molecular complexity index is 3140. The van der Waals surface area contributed by atoms with E-state index < -0.39 is 0 Å². The molecule has 11 aromatic rings. The standard InChI is InChI=1S/C54H37N3/c1-4-14-38(15-5-1)40-26-34-53-49(36-40)50-37-41(27-35-54(50)56(53)43-18-8-3-9-19-43)39-24-28-44(29-25-39)55(42-16-6-2-7-17-42)45-30-32-46(33-31-45)57-51-22-12-10-20-47(51)48-21-11-13-23-52(48)57/h1-37H. The number of nitrogens with zero attached hydrogens (tertiary/aromatic N) is 3. The van der Waals surface area contributed by atoms with Crippen molar-refractivity contribution in [3.05, 3.63) is 224 Å². The highest BCUT2D eigenvalue weighted by molar-refractivity contribution is 6.12. The molecule has 57 heavy (non-hydrogen) atoms. The lowest BCUT2D eigenvalue weighted by molar-refractivity contribution is 1.17. The number of benzene rings is 9. The number of rotatable bonds is 7. The van der Waals surface area contributed by atoms with Gasteiger partial charge >= 0.3 is 0 Å². The number of aromatic nitrogens is 2. The monoisotopic (exact) mass is 727 g/mol. The maximum atomic E-state index is 2.39. The summed E-state index contributed by atoms with van der Waals surface area (Å²) < 4.78 is 4.75. The van der Waals surface area contributed by atoms with Gasteiger partial charge in [0.1, 0.15) is 0 Å². The topological polar surface area (TPSA) is 13.1 Å². The van der Waals surface area contributed by atoms with Crippen molar-refractivity contribution in [2.24, 2.45) is 0 Å². The van der Waals surface area contributed by atoms with Gasteiger partial charge in [-0.1, -0.05) is 127 Å². The van der Waals surface area contributed by atoms with Gasteiger partial charge in [0.25, 0.3) is 0 Å². The van der Waals surface area contributed by atoms with Crippen LogP contribution >= 0.6 is 0 Å². The van der Waals surface area contributed by atoms with E-state index in [-0.39, 0.29) is 0 Å². The zero-order valence-electron chi connectivity index (χ0n) is 31.2. The van der Waals surface area contributed by atoms with Crippen LogP contribution in [-0.2, 0) is 0 Å². The number of fused-ring (bicyclic) bond motifs is 6. The van der Waals surface area contributed by atoms with Crippen LogP contribution < -0.4 is 4.90 Å². The number of para-hydroxylation sites is 4. The molecule has 11 rings (SSSR count). The van der Waals surface area contributed by atoms with Crippen LogP contribution in [0, 0.1) is 0 Å². The predicted molar refractivity (Wildman–Crippen MR) is 241 cm³/mol. The molecule has 0 bridgehead atoms. The van der Waals surface area contributed by atoms with Crippen molar-refractivity contribution in [3.63, 3.8) is 0 Å². The zero-order chi connectivity index (χ0) is 37.7. The molecule has 0 saturated heterocycles. The smallest absolute Gasteiger partial charge is 0.0541 e. The van der Waals surface area contributed by atoms with E-state index in [9.17, 15) is 0 Å². The minimum absolute atomic E-state index is 1.10. The SMILES string of the molecule is c1ccc(-c2ccc3c(c2)c2cc(-c4ccc(N(c5ccccc5)c5ccc(-n6c7ccccc7c7ccccc76)cc5)cc4)ccc2n3-c2ccccc2)cc1. The second-order valence-corrected chi connectivity index (χ2v) is 14.6. The van der Waals surface area contributed by atoms with Crippen molar-refractivity contribution in [1.82, 2.24) is 9.13 Å².